The fraction of sp³-hybridized carbons (Fsp3) is 0.348. The van der Waals surface area contributed by atoms with Gasteiger partial charge in [0, 0.05) is 62.6 Å². The van der Waals surface area contributed by atoms with Gasteiger partial charge in [-0.05, 0) is 43.5 Å². The average Bonchev–Trinajstić information content (AvgIpc) is 3.19. The van der Waals surface area contributed by atoms with E-state index >= 15 is 0 Å². The van der Waals surface area contributed by atoms with Gasteiger partial charge in [0.25, 0.3) is 0 Å². The molecule has 0 fully saturated rings. The molecule has 0 spiro atoms. The van der Waals surface area contributed by atoms with Gasteiger partial charge in [0.15, 0.2) is 0 Å². The number of hydrogen-bond donors (Lipinski definition) is 3. The van der Waals surface area contributed by atoms with Crippen molar-refractivity contribution in [3.05, 3.63) is 54.7 Å². The zero-order valence-electron chi connectivity index (χ0n) is 18.4. The SMILES string of the molecule is CCN(CC)c1ccc(S(=O)(=O)NCCNC(=O)CCn2ccc3ccccc32)c(O)c1. The van der Waals surface area contributed by atoms with Gasteiger partial charge >= 0.3 is 0 Å². The Hall–Kier alpha value is -3.04. The molecule has 1 heterocycles. The van der Waals surface area contributed by atoms with E-state index in [2.05, 4.69) is 10.0 Å². The van der Waals surface area contributed by atoms with Gasteiger partial charge in [-0.15, -0.1) is 0 Å². The number of carbonyl (C=O) groups is 1. The number of rotatable bonds is 11. The maximum atomic E-state index is 12.5. The first-order valence-electron chi connectivity index (χ1n) is 10.7. The highest BCUT2D eigenvalue weighted by Gasteiger charge is 2.19. The number of anilines is 1. The van der Waals surface area contributed by atoms with E-state index in [1.807, 2.05) is 59.8 Å². The molecule has 32 heavy (non-hydrogen) atoms. The molecule has 0 saturated carbocycles. The molecular formula is C23H30N4O4S. The lowest BCUT2D eigenvalue weighted by atomic mass is 10.2. The number of phenolic OH excluding ortho intramolecular Hbond substituents is 1. The molecule has 3 rings (SSSR count). The maximum Gasteiger partial charge on any atom is 0.244 e. The van der Waals surface area contributed by atoms with Crippen molar-refractivity contribution in [2.24, 2.45) is 0 Å². The highest BCUT2D eigenvalue weighted by Crippen LogP contribution is 2.28. The summed E-state index contributed by atoms with van der Waals surface area (Å²) in [4.78, 5) is 14.0. The first-order valence-corrected chi connectivity index (χ1v) is 12.2. The molecule has 0 aliphatic heterocycles. The summed E-state index contributed by atoms with van der Waals surface area (Å²) in [5.74, 6) is -0.460. The quantitative estimate of drug-likeness (QED) is 0.383. The molecule has 2 aromatic carbocycles. The highest BCUT2D eigenvalue weighted by molar-refractivity contribution is 7.89. The van der Waals surface area contributed by atoms with Crippen LogP contribution in [-0.2, 0) is 21.4 Å². The van der Waals surface area contributed by atoms with E-state index in [-0.39, 0.29) is 29.6 Å². The van der Waals surface area contributed by atoms with Crippen molar-refractivity contribution in [2.45, 2.75) is 31.7 Å². The molecule has 0 atom stereocenters. The molecule has 0 unspecified atom stereocenters. The Morgan fingerprint density at radius 2 is 1.81 bits per heavy atom. The number of benzene rings is 2. The van der Waals surface area contributed by atoms with Crippen molar-refractivity contribution in [3.63, 3.8) is 0 Å². The van der Waals surface area contributed by atoms with Gasteiger partial charge in [-0.2, -0.15) is 0 Å². The predicted molar refractivity (Wildman–Crippen MR) is 126 cm³/mol. The molecule has 1 aromatic heterocycles. The molecule has 0 aliphatic rings. The molecule has 1 amide bonds. The van der Waals surface area contributed by atoms with Gasteiger partial charge in [0.2, 0.25) is 15.9 Å². The lowest BCUT2D eigenvalue weighted by Crippen LogP contribution is -2.35. The molecular weight excluding hydrogens is 428 g/mol. The molecule has 172 valence electrons. The van der Waals surface area contributed by atoms with Crippen LogP contribution in [0.15, 0.2) is 59.6 Å². The second-order valence-electron chi connectivity index (χ2n) is 7.39. The standard InChI is InChI=1S/C23H30N4O4S/c1-3-26(4-2)19-9-10-22(21(28)17-19)32(30,31)25-14-13-24-23(29)12-16-27-15-11-18-7-5-6-8-20(18)27/h5-11,15,17,25,28H,3-4,12-14,16H2,1-2H3,(H,24,29). The van der Waals surface area contributed by atoms with E-state index in [1.54, 1.807) is 6.07 Å². The van der Waals surface area contributed by atoms with Crippen molar-refractivity contribution in [3.8, 4) is 5.75 Å². The third-order valence-corrected chi connectivity index (χ3v) is 6.87. The summed E-state index contributed by atoms with van der Waals surface area (Å²) >= 11 is 0. The van der Waals surface area contributed by atoms with Crippen LogP contribution >= 0.6 is 0 Å². The second kappa shape index (κ2) is 10.5. The van der Waals surface area contributed by atoms with E-state index < -0.39 is 10.0 Å². The van der Waals surface area contributed by atoms with Gasteiger partial charge in [0.05, 0.1) is 0 Å². The van der Waals surface area contributed by atoms with Crippen molar-refractivity contribution in [1.82, 2.24) is 14.6 Å². The van der Waals surface area contributed by atoms with Crippen LogP contribution in [-0.4, -0.2) is 50.2 Å². The summed E-state index contributed by atoms with van der Waals surface area (Å²) < 4.78 is 29.5. The number of aryl methyl sites for hydroxylation is 1. The van der Waals surface area contributed by atoms with E-state index in [0.717, 1.165) is 29.7 Å². The number of sulfonamides is 1. The lowest BCUT2D eigenvalue weighted by molar-refractivity contribution is -0.121. The zero-order chi connectivity index (χ0) is 23.1. The Labute approximate surface area is 188 Å². The lowest BCUT2D eigenvalue weighted by Gasteiger charge is -2.21. The fourth-order valence-corrected chi connectivity index (χ4v) is 4.74. The maximum absolute atomic E-state index is 12.5. The minimum absolute atomic E-state index is 0.0256. The van der Waals surface area contributed by atoms with Crippen LogP contribution in [0.5, 0.6) is 5.75 Å². The molecule has 3 N–H and O–H groups in total. The molecule has 9 heteroatoms. The number of aromatic nitrogens is 1. The monoisotopic (exact) mass is 458 g/mol. The van der Waals surface area contributed by atoms with Crippen LogP contribution in [0, 0.1) is 0 Å². The minimum atomic E-state index is -3.89. The average molecular weight is 459 g/mol. The van der Waals surface area contributed by atoms with Crippen LogP contribution in [0.25, 0.3) is 10.9 Å². The minimum Gasteiger partial charge on any atom is -0.506 e. The Kier molecular flexibility index (Phi) is 7.76. The van der Waals surface area contributed by atoms with Gasteiger partial charge in [-0.3, -0.25) is 4.79 Å². The Balaban J connectivity index is 1.47. The number of fused-ring (bicyclic) bond motifs is 1. The summed E-state index contributed by atoms with van der Waals surface area (Å²) in [6, 6.07) is 14.5. The van der Waals surface area contributed by atoms with Gasteiger partial charge < -0.3 is 19.9 Å². The molecule has 0 bridgehead atoms. The smallest absolute Gasteiger partial charge is 0.244 e. The molecule has 0 saturated heterocycles. The van der Waals surface area contributed by atoms with Crippen LogP contribution in [0.1, 0.15) is 20.3 Å². The molecule has 0 radical (unpaired) electrons. The Bertz CT molecular complexity index is 1170. The van der Waals surface area contributed by atoms with E-state index in [4.69, 9.17) is 0 Å². The van der Waals surface area contributed by atoms with Gasteiger partial charge in [0.1, 0.15) is 10.6 Å². The Morgan fingerprint density at radius 3 is 2.53 bits per heavy atom. The first kappa shape index (κ1) is 23.6. The van der Waals surface area contributed by atoms with Crippen LogP contribution in [0.3, 0.4) is 0 Å². The number of phenols is 1. The van der Waals surface area contributed by atoms with Crippen molar-refractivity contribution < 1.29 is 18.3 Å². The van der Waals surface area contributed by atoms with Gasteiger partial charge in [-0.1, -0.05) is 18.2 Å². The topological polar surface area (TPSA) is 104 Å². The number of amides is 1. The first-order chi connectivity index (χ1) is 15.4. The van der Waals surface area contributed by atoms with Crippen molar-refractivity contribution in [1.29, 1.82) is 0 Å². The Morgan fingerprint density at radius 1 is 1.06 bits per heavy atom. The van der Waals surface area contributed by atoms with Crippen LogP contribution < -0.4 is 14.9 Å². The summed E-state index contributed by atoms with van der Waals surface area (Å²) in [7, 11) is -3.89. The number of nitrogens with zero attached hydrogens (tertiary/aromatic N) is 2. The fourth-order valence-electron chi connectivity index (χ4n) is 3.63. The number of hydrogen-bond acceptors (Lipinski definition) is 5. The van der Waals surface area contributed by atoms with Gasteiger partial charge in [-0.25, -0.2) is 13.1 Å². The zero-order valence-corrected chi connectivity index (χ0v) is 19.2. The molecule has 3 aromatic rings. The van der Waals surface area contributed by atoms with E-state index in [0.29, 0.717) is 13.0 Å². The number of nitrogens with one attached hydrogen (secondary N) is 2. The van der Waals surface area contributed by atoms with Crippen LogP contribution in [0.2, 0.25) is 0 Å². The molecule has 8 nitrogen and oxygen atoms in total. The van der Waals surface area contributed by atoms with Crippen molar-refractivity contribution in [2.75, 3.05) is 31.1 Å². The second-order valence-corrected chi connectivity index (χ2v) is 9.13. The van der Waals surface area contributed by atoms with Crippen molar-refractivity contribution >= 4 is 32.5 Å². The predicted octanol–water partition coefficient (Wildman–Crippen LogP) is 2.68. The number of carbonyl (C=O) groups excluding carboxylic acids is 1. The third-order valence-electron chi connectivity index (χ3n) is 5.36. The highest BCUT2D eigenvalue weighted by atomic mass is 32.2. The van der Waals surface area contributed by atoms with E-state index in [9.17, 15) is 18.3 Å². The third kappa shape index (κ3) is 5.60. The normalized spacial score (nSPS) is 11.6. The van der Waals surface area contributed by atoms with E-state index in [1.165, 1.54) is 12.1 Å². The summed E-state index contributed by atoms with van der Waals surface area (Å²) in [5.41, 5.74) is 1.83. The summed E-state index contributed by atoms with van der Waals surface area (Å²) in [6.45, 7) is 6.20. The molecule has 0 aliphatic carbocycles. The summed E-state index contributed by atoms with van der Waals surface area (Å²) in [5, 5.41) is 14.1. The van der Waals surface area contributed by atoms with Crippen LogP contribution in [0.4, 0.5) is 5.69 Å². The number of aromatic hydroxyl groups is 1. The summed E-state index contributed by atoms with van der Waals surface area (Å²) in [6.07, 6.45) is 2.24. The number of para-hydroxylation sites is 1. The largest absolute Gasteiger partial charge is 0.506 e.